The molecule has 0 amide bonds. The van der Waals surface area contributed by atoms with Crippen LogP contribution in [0.2, 0.25) is 0 Å². The summed E-state index contributed by atoms with van der Waals surface area (Å²) in [5.41, 5.74) is -0.944. The first-order valence-electron chi connectivity index (χ1n) is 5.58. The van der Waals surface area contributed by atoms with Gasteiger partial charge in [-0.2, -0.15) is 0 Å². The van der Waals surface area contributed by atoms with Crippen molar-refractivity contribution in [2.45, 2.75) is 13.3 Å². The van der Waals surface area contributed by atoms with Crippen LogP contribution in [-0.2, 0) is 9.53 Å². The fourth-order valence-corrected chi connectivity index (χ4v) is 1.38. The van der Waals surface area contributed by atoms with Crippen molar-refractivity contribution in [2.24, 2.45) is 0 Å². The van der Waals surface area contributed by atoms with Crippen LogP contribution in [-0.4, -0.2) is 30.2 Å². The maximum Gasteiger partial charge on any atom is 0.338 e. The predicted molar refractivity (Wildman–Crippen MR) is 63.1 cm³/mol. The van der Waals surface area contributed by atoms with E-state index in [2.05, 4.69) is 10.1 Å². The van der Waals surface area contributed by atoms with E-state index in [9.17, 15) is 18.4 Å². The normalized spacial score (nSPS) is 10.1. The van der Waals surface area contributed by atoms with E-state index in [-0.39, 0.29) is 25.3 Å². The van der Waals surface area contributed by atoms with E-state index in [0.717, 1.165) is 12.1 Å². The second-order valence-electron chi connectivity index (χ2n) is 3.58. The number of hydrogen-bond acceptors (Lipinski definition) is 4. The van der Waals surface area contributed by atoms with Gasteiger partial charge in [-0.05, 0) is 19.1 Å². The van der Waals surface area contributed by atoms with E-state index < -0.39 is 29.1 Å². The van der Waals surface area contributed by atoms with Gasteiger partial charge < -0.3 is 15.2 Å². The smallest absolute Gasteiger partial charge is 0.338 e. The van der Waals surface area contributed by atoms with Crippen molar-refractivity contribution in [2.75, 3.05) is 18.5 Å². The Balaban J connectivity index is 2.68. The minimum atomic E-state index is -1.55. The predicted octanol–water partition coefficient (Wildman–Crippen LogP) is 2.03. The molecule has 1 aromatic carbocycles. The minimum Gasteiger partial charge on any atom is -0.478 e. The van der Waals surface area contributed by atoms with Gasteiger partial charge in [0.1, 0.15) is 0 Å². The van der Waals surface area contributed by atoms with Gasteiger partial charge in [0.25, 0.3) is 0 Å². The fourth-order valence-electron chi connectivity index (χ4n) is 1.38. The Hall–Kier alpha value is -2.18. The van der Waals surface area contributed by atoms with Crippen molar-refractivity contribution in [1.82, 2.24) is 0 Å². The number of halogens is 2. The number of ether oxygens (including phenoxy) is 1. The molecule has 19 heavy (non-hydrogen) atoms. The number of aromatic carboxylic acids is 1. The third-order valence-electron chi connectivity index (χ3n) is 2.26. The highest BCUT2D eigenvalue weighted by atomic mass is 19.2. The van der Waals surface area contributed by atoms with Crippen LogP contribution in [0.1, 0.15) is 23.7 Å². The van der Waals surface area contributed by atoms with Crippen LogP contribution in [0, 0.1) is 11.6 Å². The number of benzene rings is 1. The number of anilines is 1. The summed E-state index contributed by atoms with van der Waals surface area (Å²) in [5, 5.41) is 11.1. The highest BCUT2D eigenvalue weighted by Gasteiger charge is 2.17. The van der Waals surface area contributed by atoms with Gasteiger partial charge in [-0.3, -0.25) is 4.79 Å². The second kappa shape index (κ2) is 6.67. The fraction of sp³-hybridized carbons (Fsp3) is 0.333. The molecule has 0 aromatic heterocycles. The van der Waals surface area contributed by atoms with E-state index in [1.54, 1.807) is 6.92 Å². The maximum absolute atomic E-state index is 13.5. The molecule has 1 aromatic rings. The average molecular weight is 273 g/mol. The molecule has 0 radical (unpaired) electrons. The third kappa shape index (κ3) is 3.90. The lowest BCUT2D eigenvalue weighted by molar-refractivity contribution is -0.142. The molecule has 0 aliphatic rings. The highest BCUT2D eigenvalue weighted by molar-refractivity contribution is 5.88. The zero-order chi connectivity index (χ0) is 14.4. The molecule has 5 nitrogen and oxygen atoms in total. The number of esters is 1. The van der Waals surface area contributed by atoms with E-state index >= 15 is 0 Å². The van der Waals surface area contributed by atoms with Crippen LogP contribution < -0.4 is 5.32 Å². The molecular formula is C12H13F2NO4. The second-order valence-corrected chi connectivity index (χ2v) is 3.58. The highest BCUT2D eigenvalue weighted by Crippen LogP contribution is 2.20. The van der Waals surface area contributed by atoms with Crippen LogP contribution in [0.3, 0.4) is 0 Å². The molecule has 0 atom stereocenters. The van der Waals surface area contributed by atoms with Gasteiger partial charge in [0.05, 0.1) is 24.3 Å². The van der Waals surface area contributed by atoms with Crippen LogP contribution in [0.4, 0.5) is 14.5 Å². The number of carbonyl (C=O) groups is 2. The summed E-state index contributed by atoms with van der Waals surface area (Å²) in [6.45, 7) is 1.96. The van der Waals surface area contributed by atoms with Crippen LogP contribution in [0.25, 0.3) is 0 Å². The molecule has 7 heteroatoms. The molecule has 0 saturated carbocycles. The van der Waals surface area contributed by atoms with Gasteiger partial charge in [0.2, 0.25) is 0 Å². The quantitative estimate of drug-likeness (QED) is 0.776. The van der Waals surface area contributed by atoms with Gasteiger partial charge in [0, 0.05) is 6.54 Å². The minimum absolute atomic E-state index is 0.00438. The molecule has 0 aliphatic carbocycles. The molecule has 0 unspecified atom stereocenters. The van der Waals surface area contributed by atoms with Gasteiger partial charge >= 0.3 is 11.9 Å². The summed E-state index contributed by atoms with van der Waals surface area (Å²) < 4.78 is 31.5. The zero-order valence-electron chi connectivity index (χ0n) is 10.2. The molecule has 0 heterocycles. The van der Waals surface area contributed by atoms with Crippen molar-refractivity contribution in [1.29, 1.82) is 0 Å². The average Bonchev–Trinajstić information content (AvgIpc) is 2.34. The van der Waals surface area contributed by atoms with Crippen LogP contribution in [0.5, 0.6) is 0 Å². The van der Waals surface area contributed by atoms with Crippen molar-refractivity contribution >= 4 is 17.6 Å². The Morgan fingerprint density at radius 3 is 2.58 bits per heavy atom. The summed E-state index contributed by atoms with van der Waals surface area (Å²) in [5.74, 6) is -4.73. The first-order chi connectivity index (χ1) is 8.97. The summed E-state index contributed by atoms with van der Waals surface area (Å²) in [6.07, 6.45) is -0.00438. The number of carboxylic acid groups (broad SMARTS) is 1. The van der Waals surface area contributed by atoms with Crippen molar-refractivity contribution in [3.05, 3.63) is 29.3 Å². The number of rotatable bonds is 6. The van der Waals surface area contributed by atoms with Gasteiger partial charge in [-0.25, -0.2) is 13.6 Å². The topological polar surface area (TPSA) is 75.6 Å². The summed E-state index contributed by atoms with van der Waals surface area (Å²) in [7, 11) is 0. The lowest BCUT2D eigenvalue weighted by atomic mass is 10.2. The Bertz CT molecular complexity index is 491. The van der Waals surface area contributed by atoms with Crippen molar-refractivity contribution < 1.29 is 28.2 Å². The van der Waals surface area contributed by atoms with E-state index in [1.165, 1.54) is 0 Å². The largest absolute Gasteiger partial charge is 0.478 e. The van der Waals surface area contributed by atoms with Crippen molar-refractivity contribution in [3.8, 4) is 0 Å². The molecule has 0 saturated heterocycles. The lowest BCUT2D eigenvalue weighted by Crippen LogP contribution is -2.13. The van der Waals surface area contributed by atoms with Gasteiger partial charge in [0.15, 0.2) is 11.6 Å². The van der Waals surface area contributed by atoms with E-state index in [4.69, 9.17) is 5.11 Å². The van der Waals surface area contributed by atoms with Crippen molar-refractivity contribution in [3.63, 3.8) is 0 Å². The van der Waals surface area contributed by atoms with Gasteiger partial charge in [-0.15, -0.1) is 0 Å². The number of carbonyl (C=O) groups excluding carboxylic acids is 1. The Kier molecular flexibility index (Phi) is 5.23. The van der Waals surface area contributed by atoms with Gasteiger partial charge in [-0.1, -0.05) is 0 Å². The summed E-state index contributed by atoms with van der Waals surface area (Å²) >= 11 is 0. The number of nitrogens with one attached hydrogen (secondary N) is 1. The van der Waals surface area contributed by atoms with Crippen LogP contribution >= 0.6 is 0 Å². The summed E-state index contributed by atoms with van der Waals surface area (Å²) in [4.78, 5) is 21.6. The molecule has 2 N–H and O–H groups in total. The number of hydrogen-bond donors (Lipinski definition) is 2. The molecule has 104 valence electrons. The molecule has 0 aliphatic heterocycles. The first kappa shape index (κ1) is 14.9. The lowest BCUT2D eigenvalue weighted by Gasteiger charge is -2.09. The zero-order valence-corrected chi connectivity index (χ0v) is 10.2. The van der Waals surface area contributed by atoms with Crippen LogP contribution in [0.15, 0.2) is 12.1 Å². The maximum atomic E-state index is 13.5. The molecular weight excluding hydrogens is 260 g/mol. The molecule has 0 spiro atoms. The Morgan fingerprint density at radius 1 is 1.32 bits per heavy atom. The molecule has 1 rings (SSSR count). The first-order valence-corrected chi connectivity index (χ1v) is 5.58. The Morgan fingerprint density at radius 2 is 2.00 bits per heavy atom. The summed E-state index contributed by atoms with van der Waals surface area (Å²) in [6, 6.07) is 2.06. The SMILES string of the molecule is CCOC(=O)CCNc1ccc(C(=O)O)c(F)c1F. The molecule has 0 bridgehead atoms. The third-order valence-corrected chi connectivity index (χ3v) is 2.26. The molecule has 0 fully saturated rings. The standard InChI is InChI=1S/C12H13F2NO4/c1-2-19-9(16)5-6-15-8-4-3-7(12(17)18)10(13)11(8)14/h3-4,15H,2,5-6H2,1H3,(H,17,18). The number of carboxylic acids is 1. The van der Waals surface area contributed by atoms with E-state index in [1.807, 2.05) is 0 Å². The van der Waals surface area contributed by atoms with E-state index in [0.29, 0.717) is 0 Å². The Labute approximate surface area is 108 Å². The monoisotopic (exact) mass is 273 g/mol.